The van der Waals surface area contributed by atoms with Gasteiger partial charge in [-0.05, 0) is 42.0 Å². The van der Waals surface area contributed by atoms with Crippen LogP contribution in [-0.4, -0.2) is 26.4 Å². The minimum Gasteiger partial charge on any atom is -0.495 e. The van der Waals surface area contributed by atoms with Crippen LogP contribution in [0.5, 0.6) is 5.75 Å². The summed E-state index contributed by atoms with van der Waals surface area (Å²) in [6.07, 6.45) is -3.55. The summed E-state index contributed by atoms with van der Waals surface area (Å²) in [6, 6.07) is 9.81. The number of aromatic nitrogens is 1. The molecule has 0 aliphatic carbocycles. The zero-order valence-electron chi connectivity index (χ0n) is 17.0. The van der Waals surface area contributed by atoms with E-state index in [9.17, 15) is 26.4 Å². The van der Waals surface area contributed by atoms with Crippen LogP contribution in [0.1, 0.15) is 12.5 Å². The Balaban J connectivity index is 2.13. The molecule has 0 saturated heterocycles. The maximum Gasteiger partial charge on any atom is 0.416 e. The summed E-state index contributed by atoms with van der Waals surface area (Å²) < 4.78 is 67.7. The van der Waals surface area contributed by atoms with Crippen molar-refractivity contribution in [1.29, 1.82) is 0 Å². The molecule has 0 spiro atoms. The van der Waals surface area contributed by atoms with E-state index in [2.05, 4.69) is 4.98 Å². The molecule has 1 aromatic heterocycles. The van der Waals surface area contributed by atoms with Crippen LogP contribution in [0.25, 0.3) is 11.1 Å². The highest BCUT2D eigenvalue weighted by Crippen LogP contribution is 2.42. The fraction of sp³-hybridized carbons (Fsp3) is 0.143. The lowest BCUT2D eigenvalue weighted by Gasteiger charge is -2.24. The number of rotatable bonds is 5. The van der Waals surface area contributed by atoms with E-state index in [4.69, 9.17) is 27.0 Å². The smallest absolute Gasteiger partial charge is 0.416 e. The number of anilines is 2. The Kier molecular flexibility index (Phi) is 6.92. The molecule has 1 amide bonds. The number of methoxy groups -OCH3 is 1. The monoisotopic (exact) mass is 518 g/mol. The van der Waals surface area contributed by atoms with Gasteiger partial charge in [0.25, 0.3) is 9.05 Å². The van der Waals surface area contributed by atoms with Gasteiger partial charge in [-0.15, -0.1) is 0 Å². The lowest BCUT2D eigenvalue weighted by molar-refractivity contribution is -0.137. The summed E-state index contributed by atoms with van der Waals surface area (Å²) in [6.45, 7) is 1.24. The number of amides is 1. The predicted molar refractivity (Wildman–Crippen MR) is 119 cm³/mol. The zero-order valence-corrected chi connectivity index (χ0v) is 19.3. The number of hydrogen-bond donors (Lipinski definition) is 0. The number of halogens is 5. The van der Waals surface area contributed by atoms with Gasteiger partial charge < -0.3 is 4.74 Å². The van der Waals surface area contributed by atoms with Gasteiger partial charge in [-0.1, -0.05) is 23.7 Å². The Hall–Kier alpha value is -2.82. The number of carbonyl (C=O) groups is 1. The number of ether oxygens (including phenoxy) is 1. The molecule has 0 unspecified atom stereocenters. The van der Waals surface area contributed by atoms with E-state index in [0.29, 0.717) is 0 Å². The largest absolute Gasteiger partial charge is 0.495 e. The van der Waals surface area contributed by atoms with Crippen LogP contribution in [0, 0.1) is 0 Å². The molecule has 0 N–H and O–H groups in total. The molecule has 0 aliphatic rings. The van der Waals surface area contributed by atoms with Crippen molar-refractivity contribution in [1.82, 2.24) is 4.98 Å². The average molecular weight is 519 g/mol. The Morgan fingerprint density at radius 2 is 1.82 bits per heavy atom. The summed E-state index contributed by atoms with van der Waals surface area (Å²) in [5.74, 6) is -0.337. The predicted octanol–water partition coefficient (Wildman–Crippen LogP) is 6.04. The first kappa shape index (κ1) is 24.8. The Labute approximate surface area is 196 Å². The number of hydrogen-bond acceptors (Lipinski definition) is 5. The van der Waals surface area contributed by atoms with E-state index in [0.717, 1.165) is 23.2 Å². The summed E-state index contributed by atoms with van der Waals surface area (Å²) in [4.78, 5) is 17.3. The molecule has 33 heavy (non-hydrogen) atoms. The van der Waals surface area contributed by atoms with Gasteiger partial charge in [-0.3, -0.25) is 9.69 Å². The molecule has 0 fully saturated rings. The zero-order chi connectivity index (χ0) is 24.6. The highest BCUT2D eigenvalue weighted by Gasteiger charge is 2.31. The molecule has 12 heteroatoms. The Bertz CT molecular complexity index is 1310. The van der Waals surface area contributed by atoms with Crippen molar-refractivity contribution in [2.45, 2.75) is 18.0 Å². The highest BCUT2D eigenvalue weighted by molar-refractivity contribution is 8.13. The van der Waals surface area contributed by atoms with Gasteiger partial charge in [0, 0.05) is 29.4 Å². The van der Waals surface area contributed by atoms with Crippen LogP contribution < -0.4 is 9.64 Å². The van der Waals surface area contributed by atoms with Gasteiger partial charge >= 0.3 is 6.18 Å². The lowest BCUT2D eigenvalue weighted by Crippen LogP contribution is -2.24. The third kappa shape index (κ3) is 5.40. The lowest BCUT2D eigenvalue weighted by atomic mass is 10.0. The maximum absolute atomic E-state index is 13.1. The van der Waals surface area contributed by atoms with Crippen molar-refractivity contribution in [3.05, 3.63) is 65.3 Å². The molecule has 1 heterocycles. The third-order valence-electron chi connectivity index (χ3n) is 4.56. The summed E-state index contributed by atoms with van der Waals surface area (Å²) in [7, 11) is 2.59. The molecule has 2 aromatic carbocycles. The fourth-order valence-electron chi connectivity index (χ4n) is 3.07. The second kappa shape index (κ2) is 9.20. The maximum atomic E-state index is 13.1. The number of carbonyl (C=O) groups excluding carboxylic acids is 1. The molecule has 6 nitrogen and oxygen atoms in total. The second-order valence-electron chi connectivity index (χ2n) is 6.73. The standard InChI is InChI=1S/C21H15Cl2F3N2O4S/c1-12(29)28(20-7-6-15(11-27-20)33(23,30)31)18-10-17(22)16(9-19(18)32-2)13-4-3-5-14(8-13)21(24,25)26/h3-11H,1-2H3. The second-order valence-corrected chi connectivity index (χ2v) is 9.70. The van der Waals surface area contributed by atoms with Crippen molar-refractivity contribution in [3.8, 4) is 16.9 Å². The molecule has 174 valence electrons. The quantitative estimate of drug-likeness (QED) is 0.384. The highest BCUT2D eigenvalue weighted by atomic mass is 35.7. The minimum absolute atomic E-state index is 0.0488. The first-order valence-electron chi connectivity index (χ1n) is 9.09. The molecule has 0 atom stereocenters. The normalized spacial score (nSPS) is 11.8. The van der Waals surface area contributed by atoms with Gasteiger partial charge in [-0.2, -0.15) is 13.2 Å². The van der Waals surface area contributed by atoms with Gasteiger partial charge in [-0.25, -0.2) is 13.4 Å². The van der Waals surface area contributed by atoms with Crippen molar-refractivity contribution in [2.24, 2.45) is 0 Å². The van der Waals surface area contributed by atoms with E-state index in [1.165, 1.54) is 50.4 Å². The van der Waals surface area contributed by atoms with Crippen LogP contribution in [0.4, 0.5) is 24.7 Å². The molecule has 0 aliphatic heterocycles. The molecule has 3 aromatic rings. The van der Waals surface area contributed by atoms with Gasteiger partial charge in [0.05, 0.1) is 23.4 Å². The summed E-state index contributed by atoms with van der Waals surface area (Å²) >= 11 is 6.39. The molecular weight excluding hydrogens is 504 g/mol. The van der Waals surface area contributed by atoms with Crippen molar-refractivity contribution in [2.75, 3.05) is 12.0 Å². The number of nitrogens with zero attached hydrogens (tertiary/aromatic N) is 2. The molecule has 0 saturated carbocycles. The fourth-order valence-corrected chi connectivity index (χ4v) is 4.02. The summed E-state index contributed by atoms with van der Waals surface area (Å²) in [5, 5.41) is 0.0522. The first-order valence-corrected chi connectivity index (χ1v) is 11.8. The average Bonchev–Trinajstić information content (AvgIpc) is 2.73. The molecule has 0 radical (unpaired) electrons. The summed E-state index contributed by atoms with van der Waals surface area (Å²) in [5.41, 5.74) is -0.241. The Morgan fingerprint density at radius 1 is 1.12 bits per heavy atom. The van der Waals surface area contributed by atoms with Gasteiger partial charge in [0.15, 0.2) is 0 Å². The van der Waals surface area contributed by atoms with Gasteiger partial charge in [0.1, 0.15) is 16.5 Å². The van der Waals surface area contributed by atoms with E-state index in [1.807, 2.05) is 0 Å². The van der Waals surface area contributed by atoms with Crippen molar-refractivity contribution in [3.63, 3.8) is 0 Å². The van der Waals surface area contributed by atoms with Gasteiger partial charge in [0.2, 0.25) is 5.91 Å². The number of pyridine rings is 1. The molecule has 0 bridgehead atoms. The molecule has 3 rings (SSSR count). The first-order chi connectivity index (χ1) is 15.3. The van der Waals surface area contributed by atoms with E-state index in [-0.39, 0.29) is 38.3 Å². The van der Waals surface area contributed by atoms with Crippen LogP contribution in [0.2, 0.25) is 5.02 Å². The number of benzene rings is 2. The van der Waals surface area contributed by atoms with E-state index in [1.54, 1.807) is 0 Å². The third-order valence-corrected chi connectivity index (χ3v) is 6.21. The van der Waals surface area contributed by atoms with E-state index >= 15 is 0 Å². The van der Waals surface area contributed by atoms with Crippen LogP contribution >= 0.6 is 22.3 Å². The van der Waals surface area contributed by atoms with Crippen LogP contribution in [0.15, 0.2) is 59.6 Å². The molecular formula is C21H15Cl2F3N2O4S. The van der Waals surface area contributed by atoms with Crippen molar-refractivity contribution < 1.29 is 31.1 Å². The Morgan fingerprint density at radius 3 is 2.33 bits per heavy atom. The van der Waals surface area contributed by atoms with Crippen LogP contribution in [0.3, 0.4) is 0 Å². The minimum atomic E-state index is -4.54. The topological polar surface area (TPSA) is 76.6 Å². The van der Waals surface area contributed by atoms with Crippen LogP contribution in [-0.2, 0) is 20.0 Å². The number of alkyl halides is 3. The van der Waals surface area contributed by atoms with Crippen molar-refractivity contribution >= 4 is 48.7 Å². The SMILES string of the molecule is COc1cc(-c2cccc(C(F)(F)F)c2)c(Cl)cc1N(C(C)=O)c1ccc(S(=O)(=O)Cl)cn1. The van der Waals surface area contributed by atoms with E-state index < -0.39 is 26.7 Å².